The number of piperidine rings is 1. The molecule has 6 rings (SSSR count). The number of fused-ring (bicyclic) bond motifs is 1. The summed E-state index contributed by atoms with van der Waals surface area (Å²) >= 11 is 0. The largest absolute Gasteiger partial charge is 0.454 e. The van der Waals surface area contributed by atoms with Gasteiger partial charge in [0.25, 0.3) is 0 Å². The number of carbonyl (C=O) groups excluding carboxylic acids is 2. The predicted octanol–water partition coefficient (Wildman–Crippen LogP) is 6.65. The molecule has 0 aromatic heterocycles. The quantitative estimate of drug-likeness (QED) is 0.0583. The van der Waals surface area contributed by atoms with Crippen LogP contribution in [0.15, 0.2) is 100 Å². The van der Waals surface area contributed by atoms with Crippen LogP contribution in [0.25, 0.3) is 10.4 Å². The lowest BCUT2D eigenvalue weighted by Gasteiger charge is -2.43. The van der Waals surface area contributed by atoms with Gasteiger partial charge in [-0.05, 0) is 87.1 Å². The SMILES string of the molecule is CC(=O)C1C(C)=NC(COCCN=[N+]=[N-])=C(N(C=O)CCCN2CCC(c3ccccc3)(c3ccccc3)CC2)C1c1ccc2c(c1)OCO2. The van der Waals surface area contributed by atoms with Gasteiger partial charge in [0.1, 0.15) is 5.78 Å². The third-order valence-corrected chi connectivity index (χ3v) is 10.2. The molecule has 11 nitrogen and oxygen atoms in total. The van der Waals surface area contributed by atoms with Gasteiger partial charge in [-0.2, -0.15) is 0 Å². The molecule has 260 valence electrons. The molecule has 11 heteroatoms. The van der Waals surface area contributed by atoms with E-state index in [0.717, 1.165) is 50.9 Å². The standard InChI is InChI=1S/C39H44N6O5/c1-28-36(29(2)47)37(30-14-15-34-35(24-30)50-27-49-34)38(33(42-28)25-48-23-18-41-43-40)45(26-46)20-9-19-44-21-16-39(17-22-44,31-10-5-3-6-11-31)32-12-7-4-8-13-32/h3-8,10-15,24,26,36-37H,9,16-23,25,27H2,1-2H3. The molecule has 0 aliphatic carbocycles. The van der Waals surface area contributed by atoms with Crippen molar-refractivity contribution in [2.24, 2.45) is 16.0 Å². The Bertz CT molecular complexity index is 1720. The van der Waals surface area contributed by atoms with E-state index in [-0.39, 0.29) is 37.7 Å². The van der Waals surface area contributed by atoms with E-state index in [1.165, 1.54) is 11.1 Å². The smallest absolute Gasteiger partial charge is 0.231 e. The molecule has 1 amide bonds. The van der Waals surface area contributed by atoms with Crippen molar-refractivity contribution in [3.8, 4) is 11.5 Å². The summed E-state index contributed by atoms with van der Waals surface area (Å²) in [6, 6.07) is 27.3. The van der Waals surface area contributed by atoms with Crippen molar-refractivity contribution in [1.82, 2.24) is 9.80 Å². The fourth-order valence-electron chi connectivity index (χ4n) is 7.78. The van der Waals surface area contributed by atoms with Gasteiger partial charge in [-0.1, -0.05) is 71.8 Å². The lowest BCUT2D eigenvalue weighted by molar-refractivity contribution is -0.120. The van der Waals surface area contributed by atoms with Crippen LogP contribution in [0.2, 0.25) is 0 Å². The Balaban J connectivity index is 1.23. The van der Waals surface area contributed by atoms with Crippen LogP contribution < -0.4 is 9.47 Å². The van der Waals surface area contributed by atoms with Gasteiger partial charge in [-0.15, -0.1) is 0 Å². The number of likely N-dealkylation sites (tertiary alicyclic amines) is 1. The Kier molecular flexibility index (Phi) is 11.3. The molecular formula is C39H44N6O5. The Morgan fingerprint density at radius 3 is 2.38 bits per heavy atom. The second kappa shape index (κ2) is 16.2. The first-order valence-corrected chi connectivity index (χ1v) is 17.3. The van der Waals surface area contributed by atoms with Crippen LogP contribution in [0.5, 0.6) is 11.5 Å². The topological polar surface area (TPSA) is 129 Å². The fraction of sp³-hybridized carbons (Fsp3) is 0.410. The first kappa shape index (κ1) is 34.9. The number of carbonyl (C=O) groups is 2. The van der Waals surface area contributed by atoms with Crippen molar-refractivity contribution in [2.75, 3.05) is 52.7 Å². The fourth-order valence-corrected chi connectivity index (χ4v) is 7.78. The molecule has 0 saturated carbocycles. The van der Waals surface area contributed by atoms with E-state index in [9.17, 15) is 9.59 Å². The van der Waals surface area contributed by atoms with Crippen molar-refractivity contribution < 1.29 is 23.8 Å². The van der Waals surface area contributed by atoms with Crippen molar-refractivity contribution in [3.63, 3.8) is 0 Å². The van der Waals surface area contributed by atoms with E-state index in [1.54, 1.807) is 11.8 Å². The van der Waals surface area contributed by atoms with E-state index >= 15 is 0 Å². The minimum Gasteiger partial charge on any atom is -0.454 e. The van der Waals surface area contributed by atoms with Crippen molar-refractivity contribution in [1.29, 1.82) is 0 Å². The number of ketones is 1. The lowest BCUT2D eigenvalue weighted by atomic mass is 9.68. The zero-order chi connectivity index (χ0) is 34.9. The average molecular weight is 677 g/mol. The van der Waals surface area contributed by atoms with E-state index in [4.69, 9.17) is 24.7 Å². The summed E-state index contributed by atoms with van der Waals surface area (Å²) in [5.74, 6) is 0.119. The van der Waals surface area contributed by atoms with Gasteiger partial charge in [0.15, 0.2) is 11.5 Å². The molecular weight excluding hydrogens is 632 g/mol. The number of amides is 1. The summed E-state index contributed by atoms with van der Waals surface area (Å²) < 4.78 is 17.1. The summed E-state index contributed by atoms with van der Waals surface area (Å²) in [6.45, 7) is 7.14. The normalized spacial score (nSPS) is 19.8. The number of allylic oxidation sites excluding steroid dienone is 1. The van der Waals surface area contributed by atoms with E-state index < -0.39 is 11.8 Å². The second-order valence-electron chi connectivity index (χ2n) is 13.1. The van der Waals surface area contributed by atoms with E-state index in [0.29, 0.717) is 35.1 Å². The molecule has 3 aromatic rings. The van der Waals surface area contributed by atoms with Gasteiger partial charge in [-0.3, -0.25) is 14.6 Å². The highest BCUT2D eigenvalue weighted by atomic mass is 16.7. The highest BCUT2D eigenvalue weighted by Crippen LogP contribution is 2.45. The van der Waals surface area contributed by atoms with Gasteiger partial charge in [0.05, 0.1) is 30.5 Å². The van der Waals surface area contributed by atoms with Gasteiger partial charge in [0.2, 0.25) is 13.2 Å². The summed E-state index contributed by atoms with van der Waals surface area (Å²) in [5.41, 5.74) is 14.0. The molecule has 0 radical (unpaired) electrons. The Hall–Kier alpha value is -4.96. The van der Waals surface area contributed by atoms with Gasteiger partial charge < -0.3 is 24.0 Å². The highest BCUT2D eigenvalue weighted by molar-refractivity contribution is 6.05. The molecule has 1 saturated heterocycles. The number of nitrogens with zero attached hydrogens (tertiary/aromatic N) is 6. The summed E-state index contributed by atoms with van der Waals surface area (Å²) in [5, 5.41) is 3.56. The highest BCUT2D eigenvalue weighted by Gasteiger charge is 2.41. The molecule has 0 bridgehead atoms. The Morgan fingerprint density at radius 2 is 1.74 bits per heavy atom. The van der Waals surface area contributed by atoms with Gasteiger partial charge >= 0.3 is 0 Å². The molecule has 50 heavy (non-hydrogen) atoms. The van der Waals surface area contributed by atoms with Crippen LogP contribution in [0, 0.1) is 5.92 Å². The number of ether oxygens (including phenoxy) is 3. The maximum absolute atomic E-state index is 13.2. The zero-order valence-corrected chi connectivity index (χ0v) is 28.7. The predicted molar refractivity (Wildman–Crippen MR) is 191 cm³/mol. The summed E-state index contributed by atoms with van der Waals surface area (Å²) in [4.78, 5) is 38.1. The summed E-state index contributed by atoms with van der Waals surface area (Å²) in [6.07, 6.45) is 3.58. The number of hydrogen-bond acceptors (Lipinski definition) is 8. The van der Waals surface area contributed by atoms with Crippen LogP contribution in [0.1, 0.15) is 55.7 Å². The third kappa shape index (κ3) is 7.45. The van der Waals surface area contributed by atoms with Crippen molar-refractivity contribution in [2.45, 2.75) is 44.4 Å². The van der Waals surface area contributed by atoms with Crippen LogP contribution >= 0.6 is 0 Å². The average Bonchev–Trinajstić information content (AvgIpc) is 3.62. The van der Waals surface area contributed by atoms with Crippen molar-refractivity contribution in [3.05, 3.63) is 117 Å². The molecule has 2 atom stereocenters. The van der Waals surface area contributed by atoms with Crippen LogP contribution in [0.4, 0.5) is 0 Å². The summed E-state index contributed by atoms with van der Waals surface area (Å²) in [7, 11) is 0. The first-order chi connectivity index (χ1) is 24.4. The Morgan fingerprint density at radius 1 is 1.06 bits per heavy atom. The molecule has 3 aromatic carbocycles. The number of benzene rings is 3. The maximum Gasteiger partial charge on any atom is 0.231 e. The molecule has 3 aliphatic rings. The number of Topliss-reactive ketones (excluding diaryl/α,β-unsaturated/α-hetero) is 1. The van der Waals surface area contributed by atoms with Gasteiger partial charge in [-0.25, -0.2) is 0 Å². The Labute approximate surface area is 293 Å². The molecule has 3 aliphatic heterocycles. The van der Waals surface area contributed by atoms with Gasteiger partial charge in [0, 0.05) is 35.0 Å². The monoisotopic (exact) mass is 676 g/mol. The molecule has 2 unspecified atom stereocenters. The zero-order valence-electron chi connectivity index (χ0n) is 28.7. The molecule has 3 heterocycles. The van der Waals surface area contributed by atoms with Crippen LogP contribution in [0.3, 0.4) is 0 Å². The first-order valence-electron chi connectivity index (χ1n) is 17.3. The van der Waals surface area contributed by atoms with Crippen LogP contribution in [-0.2, 0) is 19.7 Å². The van der Waals surface area contributed by atoms with Crippen molar-refractivity contribution >= 4 is 17.9 Å². The molecule has 0 spiro atoms. The van der Waals surface area contributed by atoms with E-state index in [2.05, 4.69) is 75.6 Å². The van der Waals surface area contributed by atoms with E-state index in [1.807, 2.05) is 25.1 Å². The second-order valence-corrected chi connectivity index (χ2v) is 13.1. The number of aliphatic imine (C=N–C) groups is 1. The maximum atomic E-state index is 13.2. The third-order valence-electron chi connectivity index (χ3n) is 10.2. The minimum atomic E-state index is -0.578. The molecule has 1 fully saturated rings. The minimum absolute atomic E-state index is 0.0381. The number of hydrogen-bond donors (Lipinski definition) is 0. The lowest BCUT2D eigenvalue weighted by Crippen LogP contribution is -2.44. The number of azide groups is 1. The number of rotatable bonds is 15. The van der Waals surface area contributed by atoms with Crippen LogP contribution in [-0.4, -0.2) is 80.4 Å². The molecule has 0 N–H and O–H groups in total.